The number of nitrogens with zero attached hydrogens (tertiary/aromatic N) is 1. The van der Waals surface area contributed by atoms with Crippen LogP contribution in [0.25, 0.3) is 0 Å². The van der Waals surface area contributed by atoms with Crippen molar-refractivity contribution in [2.75, 3.05) is 30.8 Å². The molecule has 0 heterocycles. The van der Waals surface area contributed by atoms with Gasteiger partial charge in [-0.15, -0.1) is 0 Å². The van der Waals surface area contributed by atoms with E-state index in [0.717, 1.165) is 51.6 Å². The van der Waals surface area contributed by atoms with E-state index in [0.29, 0.717) is 12.1 Å². The molecule has 2 aromatic rings. The van der Waals surface area contributed by atoms with Crippen molar-refractivity contribution in [3.63, 3.8) is 0 Å². The minimum absolute atomic E-state index is 0. The summed E-state index contributed by atoms with van der Waals surface area (Å²) >= 11 is 0. The zero-order valence-corrected chi connectivity index (χ0v) is 28.9. The van der Waals surface area contributed by atoms with Crippen LogP contribution in [0.1, 0.15) is 88.8 Å². The molecule has 0 saturated heterocycles. The Morgan fingerprint density at radius 3 is 1.05 bits per heavy atom. The van der Waals surface area contributed by atoms with Crippen molar-refractivity contribution in [3.05, 3.63) is 57.6 Å². The summed E-state index contributed by atoms with van der Waals surface area (Å²) in [5.74, 6) is 0. The van der Waals surface area contributed by atoms with Crippen LogP contribution in [0.3, 0.4) is 0 Å². The molecular weight excluding hydrogens is 633 g/mol. The van der Waals surface area contributed by atoms with E-state index < -0.39 is 0 Å². The van der Waals surface area contributed by atoms with E-state index in [4.69, 9.17) is 0 Å². The third kappa shape index (κ3) is 11.2. The Labute approximate surface area is 260 Å². The molecule has 1 radical (unpaired) electrons. The van der Waals surface area contributed by atoms with Crippen molar-refractivity contribution >= 4 is 11.4 Å². The van der Waals surface area contributed by atoms with Crippen LogP contribution in [0.15, 0.2) is 24.3 Å². The molecule has 0 amide bonds. The van der Waals surface area contributed by atoms with Crippen molar-refractivity contribution in [3.8, 4) is 0 Å². The average Bonchev–Trinajstić information content (AvgIpc) is 2.83. The second kappa shape index (κ2) is 19.5. The predicted octanol–water partition coefficient (Wildman–Crippen LogP) is 1.30. The number of likely N-dealkylation sites (N-methyl/N-ethyl adjacent to an activating group) is 1. The van der Waals surface area contributed by atoms with Gasteiger partial charge in [-0.2, -0.15) is 0 Å². The van der Waals surface area contributed by atoms with E-state index in [2.05, 4.69) is 102 Å². The number of nitrogens with one attached hydrogen (secondary N) is 2. The van der Waals surface area contributed by atoms with Gasteiger partial charge in [-0.1, -0.05) is 65.8 Å². The number of rotatable bonds is 14. The first-order valence-corrected chi connectivity index (χ1v) is 13.8. The van der Waals surface area contributed by atoms with Crippen molar-refractivity contribution < 1.29 is 50.7 Å². The summed E-state index contributed by atoms with van der Waals surface area (Å²) in [4.78, 5) is 2.46. The number of hydrogen-bond acceptors (Lipinski definition) is 3. The molecule has 3 nitrogen and oxygen atoms in total. The molecule has 0 bridgehead atoms. The van der Waals surface area contributed by atoms with Crippen LogP contribution in [0, 0.1) is 0 Å². The van der Waals surface area contributed by atoms with Gasteiger partial charge in [-0.25, -0.2) is 0 Å². The van der Waals surface area contributed by atoms with Crippen LogP contribution in [-0.2, 0) is 55.3 Å². The van der Waals surface area contributed by atoms with Gasteiger partial charge in [0, 0.05) is 36.5 Å². The summed E-state index contributed by atoms with van der Waals surface area (Å²) in [6.45, 7) is 20.2. The smallest absolute Gasteiger partial charge is 1.00 e. The maximum atomic E-state index is 3.87. The third-order valence-corrected chi connectivity index (χ3v) is 7.02. The molecule has 2 atom stereocenters. The third-order valence-electron chi connectivity index (χ3n) is 7.02. The zero-order valence-electron chi connectivity index (χ0n) is 24.7. The van der Waals surface area contributed by atoms with Crippen LogP contribution in [-0.4, -0.2) is 37.1 Å². The Kier molecular flexibility index (Phi) is 20.4. The number of aryl methyl sites for hydroxylation is 6. The molecule has 0 aliphatic rings. The molecule has 0 saturated carbocycles. The van der Waals surface area contributed by atoms with Gasteiger partial charge < -0.3 is 49.5 Å². The number of halogens is 2. The fourth-order valence-electron chi connectivity index (χ4n) is 5.17. The van der Waals surface area contributed by atoms with Gasteiger partial charge in [0.1, 0.15) is 0 Å². The van der Waals surface area contributed by atoms with E-state index in [1.54, 1.807) is 0 Å². The molecule has 37 heavy (non-hydrogen) atoms. The molecule has 0 aliphatic heterocycles. The van der Waals surface area contributed by atoms with E-state index in [-0.39, 0.29) is 50.7 Å². The maximum absolute atomic E-state index is 3.87. The van der Waals surface area contributed by atoms with E-state index in [9.17, 15) is 0 Å². The van der Waals surface area contributed by atoms with Gasteiger partial charge in [0.2, 0.25) is 0 Å². The molecule has 0 spiro atoms. The first-order chi connectivity index (χ1) is 16.3. The van der Waals surface area contributed by atoms with E-state index in [1.807, 2.05) is 0 Å². The Morgan fingerprint density at radius 1 is 0.568 bits per heavy atom. The maximum Gasteiger partial charge on any atom is 2.00 e. The molecule has 2 N–H and O–H groups in total. The Hall–Kier alpha value is -0.534. The van der Waals surface area contributed by atoms with Crippen molar-refractivity contribution in [1.82, 2.24) is 4.90 Å². The van der Waals surface area contributed by atoms with Crippen LogP contribution in [0.5, 0.6) is 0 Å². The van der Waals surface area contributed by atoms with Gasteiger partial charge in [-0.05, 0) is 92.8 Å². The summed E-state index contributed by atoms with van der Waals surface area (Å²) in [6.07, 6.45) is 6.49. The first kappa shape index (κ1) is 38.6. The van der Waals surface area contributed by atoms with E-state index in [1.165, 1.54) is 44.8 Å². The minimum Gasteiger partial charge on any atom is -1.00 e. The molecule has 2 aromatic carbocycles. The second-order valence-electron chi connectivity index (χ2n) is 10.0. The fourth-order valence-corrected chi connectivity index (χ4v) is 5.17. The Balaban J connectivity index is 0. The SMILES string of the molecule is CCc1cc(CC)c(NC(C)CN(C)CC(C)Nc2c(CC)cc(CC)cc2CC)c(CC)c1.[Br-].[Br-].[Co+2]. The van der Waals surface area contributed by atoms with Gasteiger partial charge in [-0.3, -0.25) is 0 Å². The van der Waals surface area contributed by atoms with Crippen molar-refractivity contribution in [1.29, 1.82) is 0 Å². The van der Waals surface area contributed by atoms with Crippen LogP contribution >= 0.6 is 0 Å². The number of hydrogen-bond donors (Lipinski definition) is 2. The first-order valence-electron chi connectivity index (χ1n) is 13.8. The molecule has 213 valence electrons. The second-order valence-corrected chi connectivity index (χ2v) is 10.0. The molecule has 2 rings (SSSR count). The van der Waals surface area contributed by atoms with Gasteiger partial charge in [0.15, 0.2) is 0 Å². The van der Waals surface area contributed by atoms with E-state index >= 15 is 0 Å². The Bertz CT molecular complexity index is 796. The van der Waals surface area contributed by atoms with Crippen LogP contribution in [0.4, 0.5) is 11.4 Å². The topological polar surface area (TPSA) is 27.3 Å². The molecule has 2 unspecified atom stereocenters. The predicted molar refractivity (Wildman–Crippen MR) is 153 cm³/mol. The molecule has 6 heteroatoms. The summed E-state index contributed by atoms with van der Waals surface area (Å²) < 4.78 is 0. The minimum atomic E-state index is 0. The molecule has 0 aliphatic carbocycles. The van der Waals surface area contributed by atoms with Gasteiger partial charge in [0.05, 0.1) is 0 Å². The normalized spacial score (nSPS) is 12.2. The fraction of sp³-hybridized carbons (Fsp3) is 0.613. The van der Waals surface area contributed by atoms with Crippen LogP contribution < -0.4 is 44.6 Å². The Morgan fingerprint density at radius 2 is 0.838 bits per heavy atom. The molecule has 0 aromatic heterocycles. The summed E-state index contributed by atoms with van der Waals surface area (Å²) in [6, 6.07) is 10.4. The van der Waals surface area contributed by atoms with Crippen LogP contribution in [0.2, 0.25) is 0 Å². The summed E-state index contributed by atoms with van der Waals surface area (Å²) in [5, 5.41) is 7.75. The standard InChI is InChI=1S/C31H51N3.2BrH.Co/c1-10-24-16-26(12-3)30(27(13-4)17-24)32-22(7)20-34(9)21-23(8)33-31-28(14-5)18-25(11-2)19-29(31)15-6;;;/h16-19,22-23,32-33H,10-15,20-21H2,1-9H3;2*1H;/q;;;+2/p-2. The quantitative estimate of drug-likeness (QED) is 0.315. The molecule has 0 fully saturated rings. The zero-order chi connectivity index (χ0) is 25.3. The van der Waals surface area contributed by atoms with Gasteiger partial charge in [0.25, 0.3) is 0 Å². The van der Waals surface area contributed by atoms with Crippen molar-refractivity contribution in [2.45, 2.75) is 106 Å². The summed E-state index contributed by atoms with van der Waals surface area (Å²) in [7, 11) is 2.25. The van der Waals surface area contributed by atoms with Crippen molar-refractivity contribution in [2.24, 2.45) is 0 Å². The summed E-state index contributed by atoms with van der Waals surface area (Å²) in [5.41, 5.74) is 11.5. The number of anilines is 2. The number of benzene rings is 2. The van der Waals surface area contributed by atoms with Gasteiger partial charge >= 0.3 is 16.8 Å². The monoisotopic (exact) mass is 682 g/mol. The average molecular weight is 685 g/mol. The largest absolute Gasteiger partial charge is 2.00 e. The molecular formula is C31H51Br2CoN3.